The van der Waals surface area contributed by atoms with E-state index < -0.39 is 16.0 Å². The van der Waals surface area contributed by atoms with Gasteiger partial charge in [-0.15, -0.1) is 0 Å². The second kappa shape index (κ2) is 8.69. The molecule has 3 rings (SSSR count). The topological polar surface area (TPSA) is 92.7 Å². The molecular weight excluding hydrogens is 378 g/mol. The molecule has 0 saturated heterocycles. The van der Waals surface area contributed by atoms with Crippen LogP contribution in [-0.4, -0.2) is 19.5 Å². The van der Waals surface area contributed by atoms with E-state index in [1.807, 2.05) is 36.4 Å². The van der Waals surface area contributed by atoms with E-state index >= 15 is 0 Å². The number of carboxylic acid groups (broad SMARTS) is 1. The lowest BCUT2D eigenvalue weighted by Crippen LogP contribution is -2.23. The highest BCUT2D eigenvalue weighted by Gasteiger charge is 2.14. The van der Waals surface area contributed by atoms with Gasteiger partial charge in [0.05, 0.1) is 10.5 Å². The van der Waals surface area contributed by atoms with Crippen molar-refractivity contribution < 1.29 is 23.1 Å². The molecule has 0 radical (unpaired) electrons. The molecule has 3 aromatic carbocycles. The van der Waals surface area contributed by atoms with E-state index in [-0.39, 0.29) is 17.0 Å². The molecule has 0 amide bonds. The van der Waals surface area contributed by atoms with Crippen LogP contribution < -0.4 is 9.46 Å². The molecular formula is C21H19NO5S. The SMILES string of the molecule is O=C(O)c1ccc(S(=O)(=O)NCc2cccc(OCc3ccccc3)c2)cc1. The van der Waals surface area contributed by atoms with Crippen molar-refractivity contribution in [2.24, 2.45) is 0 Å². The lowest BCUT2D eigenvalue weighted by molar-refractivity contribution is 0.0696. The molecule has 0 fully saturated rings. The minimum Gasteiger partial charge on any atom is -0.489 e. The highest BCUT2D eigenvalue weighted by molar-refractivity contribution is 7.89. The second-order valence-electron chi connectivity index (χ2n) is 6.08. The Morgan fingerprint density at radius 3 is 2.25 bits per heavy atom. The Hall–Kier alpha value is -3.16. The molecule has 0 heterocycles. The van der Waals surface area contributed by atoms with Gasteiger partial charge >= 0.3 is 5.97 Å². The van der Waals surface area contributed by atoms with E-state index in [0.29, 0.717) is 12.4 Å². The summed E-state index contributed by atoms with van der Waals surface area (Å²) in [5.41, 5.74) is 1.82. The molecule has 144 valence electrons. The van der Waals surface area contributed by atoms with Crippen molar-refractivity contribution in [3.63, 3.8) is 0 Å². The standard InChI is InChI=1S/C21H19NO5S/c23-21(24)18-9-11-20(12-10-18)28(25,26)22-14-17-7-4-8-19(13-17)27-15-16-5-2-1-3-6-16/h1-13,22H,14-15H2,(H,23,24). The number of rotatable bonds is 8. The maximum absolute atomic E-state index is 12.4. The summed E-state index contributed by atoms with van der Waals surface area (Å²) >= 11 is 0. The zero-order chi connectivity index (χ0) is 20.0. The lowest BCUT2D eigenvalue weighted by Gasteiger charge is -2.10. The molecule has 2 N–H and O–H groups in total. The highest BCUT2D eigenvalue weighted by Crippen LogP contribution is 2.16. The Kier molecular flexibility index (Phi) is 6.08. The molecule has 0 atom stereocenters. The van der Waals surface area contributed by atoms with Gasteiger partial charge in [-0.25, -0.2) is 17.9 Å². The van der Waals surface area contributed by atoms with Gasteiger partial charge in [-0.1, -0.05) is 42.5 Å². The average Bonchev–Trinajstić information content (AvgIpc) is 2.72. The van der Waals surface area contributed by atoms with Gasteiger partial charge < -0.3 is 9.84 Å². The fraction of sp³-hybridized carbons (Fsp3) is 0.0952. The van der Waals surface area contributed by atoms with Gasteiger partial charge in [0.2, 0.25) is 10.0 Å². The van der Waals surface area contributed by atoms with Gasteiger partial charge in [0.25, 0.3) is 0 Å². The van der Waals surface area contributed by atoms with Gasteiger partial charge in [-0.2, -0.15) is 0 Å². The molecule has 0 spiro atoms. The predicted molar refractivity (Wildman–Crippen MR) is 105 cm³/mol. The Bertz CT molecular complexity index is 1050. The van der Waals surface area contributed by atoms with E-state index in [0.717, 1.165) is 11.1 Å². The van der Waals surface area contributed by atoms with Crippen LogP contribution in [0.25, 0.3) is 0 Å². The Labute approximate surface area is 163 Å². The summed E-state index contributed by atoms with van der Waals surface area (Å²) < 4.78 is 33.0. The third-order valence-corrected chi connectivity index (χ3v) is 5.44. The van der Waals surface area contributed by atoms with Crippen molar-refractivity contribution in [1.82, 2.24) is 4.72 Å². The summed E-state index contributed by atoms with van der Waals surface area (Å²) in [6.07, 6.45) is 0. The van der Waals surface area contributed by atoms with Crippen LogP contribution in [0.3, 0.4) is 0 Å². The zero-order valence-corrected chi connectivity index (χ0v) is 15.7. The summed E-state index contributed by atoms with van der Waals surface area (Å²) in [5, 5.41) is 8.90. The summed E-state index contributed by atoms with van der Waals surface area (Å²) in [7, 11) is -3.75. The van der Waals surface area contributed by atoms with Crippen molar-refractivity contribution in [2.75, 3.05) is 0 Å². The molecule has 6 nitrogen and oxygen atoms in total. The van der Waals surface area contributed by atoms with Crippen LogP contribution in [0.15, 0.2) is 83.8 Å². The second-order valence-corrected chi connectivity index (χ2v) is 7.84. The summed E-state index contributed by atoms with van der Waals surface area (Å²) in [5.74, 6) is -0.462. The lowest BCUT2D eigenvalue weighted by atomic mass is 10.2. The molecule has 0 aliphatic heterocycles. The van der Waals surface area contributed by atoms with E-state index in [9.17, 15) is 13.2 Å². The highest BCUT2D eigenvalue weighted by atomic mass is 32.2. The number of benzene rings is 3. The Morgan fingerprint density at radius 2 is 1.57 bits per heavy atom. The summed E-state index contributed by atoms with van der Waals surface area (Å²) in [4.78, 5) is 10.9. The molecule has 0 aliphatic carbocycles. The van der Waals surface area contributed by atoms with Crippen molar-refractivity contribution in [1.29, 1.82) is 0 Å². The molecule has 0 bridgehead atoms. The van der Waals surface area contributed by atoms with Crippen LogP contribution in [0.5, 0.6) is 5.75 Å². The van der Waals surface area contributed by atoms with Crippen LogP contribution in [0.4, 0.5) is 0 Å². The number of carbonyl (C=O) groups is 1. The average molecular weight is 397 g/mol. The van der Waals surface area contributed by atoms with Crippen LogP contribution in [0.2, 0.25) is 0 Å². The first-order valence-electron chi connectivity index (χ1n) is 8.53. The first kappa shape index (κ1) is 19.6. The molecule has 7 heteroatoms. The van der Waals surface area contributed by atoms with E-state index in [4.69, 9.17) is 9.84 Å². The third kappa shape index (κ3) is 5.18. The smallest absolute Gasteiger partial charge is 0.335 e. The van der Waals surface area contributed by atoms with Gasteiger partial charge in [0.1, 0.15) is 12.4 Å². The first-order chi connectivity index (χ1) is 13.4. The normalized spacial score (nSPS) is 11.1. The molecule has 3 aromatic rings. The maximum atomic E-state index is 12.4. The van der Waals surface area contributed by atoms with Crippen LogP contribution in [0.1, 0.15) is 21.5 Å². The van der Waals surface area contributed by atoms with E-state index in [1.54, 1.807) is 18.2 Å². The van der Waals surface area contributed by atoms with E-state index in [2.05, 4.69) is 4.72 Å². The van der Waals surface area contributed by atoms with E-state index in [1.165, 1.54) is 24.3 Å². The van der Waals surface area contributed by atoms with Crippen molar-refractivity contribution in [3.8, 4) is 5.75 Å². The molecule has 0 unspecified atom stereocenters. The van der Waals surface area contributed by atoms with Crippen molar-refractivity contribution >= 4 is 16.0 Å². The number of carboxylic acids is 1. The zero-order valence-electron chi connectivity index (χ0n) is 14.9. The number of sulfonamides is 1. The largest absolute Gasteiger partial charge is 0.489 e. The summed E-state index contributed by atoms with van der Waals surface area (Å²) in [6.45, 7) is 0.511. The van der Waals surface area contributed by atoms with Crippen LogP contribution >= 0.6 is 0 Å². The third-order valence-electron chi connectivity index (χ3n) is 4.02. The molecule has 0 saturated carbocycles. The monoisotopic (exact) mass is 397 g/mol. The molecule has 0 aromatic heterocycles. The van der Waals surface area contributed by atoms with Gasteiger partial charge in [0.15, 0.2) is 0 Å². The number of hydrogen-bond donors (Lipinski definition) is 2. The fourth-order valence-corrected chi connectivity index (χ4v) is 3.54. The quantitative estimate of drug-likeness (QED) is 0.607. The molecule has 0 aliphatic rings. The fourth-order valence-electron chi connectivity index (χ4n) is 2.52. The van der Waals surface area contributed by atoms with Crippen LogP contribution in [-0.2, 0) is 23.2 Å². The Morgan fingerprint density at radius 1 is 0.893 bits per heavy atom. The number of aromatic carboxylic acids is 1. The number of hydrogen-bond acceptors (Lipinski definition) is 4. The van der Waals surface area contributed by atoms with Gasteiger partial charge in [-0.05, 0) is 47.5 Å². The van der Waals surface area contributed by atoms with Gasteiger partial charge in [0, 0.05) is 6.54 Å². The number of ether oxygens (including phenoxy) is 1. The first-order valence-corrected chi connectivity index (χ1v) is 10.0. The maximum Gasteiger partial charge on any atom is 0.335 e. The summed E-state index contributed by atoms with van der Waals surface area (Å²) in [6, 6.07) is 22.0. The molecule has 28 heavy (non-hydrogen) atoms. The minimum atomic E-state index is -3.75. The van der Waals surface area contributed by atoms with Crippen LogP contribution in [0, 0.1) is 0 Å². The van der Waals surface area contributed by atoms with Crippen molar-refractivity contribution in [3.05, 3.63) is 95.6 Å². The Balaban J connectivity index is 1.62. The number of nitrogens with one attached hydrogen (secondary N) is 1. The van der Waals surface area contributed by atoms with Gasteiger partial charge in [-0.3, -0.25) is 0 Å². The van der Waals surface area contributed by atoms with Crippen molar-refractivity contribution in [2.45, 2.75) is 18.0 Å². The minimum absolute atomic E-state index is 0.00832. The predicted octanol–water partition coefficient (Wildman–Crippen LogP) is 3.44.